The minimum Gasteiger partial charge on any atom is -0.479 e. The fourth-order valence-electron chi connectivity index (χ4n) is 1.09. The minimum atomic E-state index is -0.916. The number of carboxylic acids is 1. The number of thioether (sulfide) groups is 1. The molecule has 0 saturated heterocycles. The predicted octanol–water partition coefficient (Wildman–Crippen LogP) is 2.58. The normalized spacial score (nSPS) is 12.4. The molecular formula is C12H16O3S. The second-order valence-corrected chi connectivity index (χ2v) is 4.68. The lowest BCUT2D eigenvalue weighted by Gasteiger charge is -2.07. The maximum absolute atomic E-state index is 10.5. The van der Waals surface area contributed by atoms with Gasteiger partial charge in [-0.3, -0.25) is 0 Å². The summed E-state index contributed by atoms with van der Waals surface area (Å²) in [5, 5.41) is 8.60. The third-order valence-corrected chi connectivity index (χ3v) is 3.06. The van der Waals surface area contributed by atoms with Gasteiger partial charge < -0.3 is 9.84 Å². The molecule has 0 heterocycles. The molecule has 1 aromatic carbocycles. The molecule has 0 aromatic heterocycles. The van der Waals surface area contributed by atoms with E-state index < -0.39 is 12.1 Å². The Morgan fingerprint density at radius 3 is 2.62 bits per heavy atom. The van der Waals surface area contributed by atoms with E-state index in [1.54, 1.807) is 18.7 Å². The number of carboxylic acid groups (broad SMARTS) is 1. The van der Waals surface area contributed by atoms with E-state index in [-0.39, 0.29) is 0 Å². The smallest absolute Gasteiger partial charge is 0.332 e. The second kappa shape index (κ2) is 6.55. The average Bonchev–Trinajstić information content (AvgIpc) is 2.26. The first-order valence-electron chi connectivity index (χ1n) is 5.13. The van der Waals surface area contributed by atoms with Crippen LogP contribution in [0.2, 0.25) is 0 Å². The number of ether oxygens (including phenoxy) is 1. The first-order chi connectivity index (χ1) is 7.59. The van der Waals surface area contributed by atoms with Gasteiger partial charge in [0, 0.05) is 10.6 Å². The van der Waals surface area contributed by atoms with Gasteiger partial charge in [0.1, 0.15) is 0 Å². The van der Waals surface area contributed by atoms with Crippen LogP contribution in [-0.2, 0) is 9.53 Å². The molecule has 88 valence electrons. The van der Waals surface area contributed by atoms with Crippen LogP contribution in [0.1, 0.15) is 12.5 Å². The van der Waals surface area contributed by atoms with Gasteiger partial charge in [-0.2, -0.15) is 0 Å². The molecule has 3 nitrogen and oxygen atoms in total. The lowest BCUT2D eigenvalue weighted by molar-refractivity contribution is -0.148. The van der Waals surface area contributed by atoms with Gasteiger partial charge in [0.25, 0.3) is 0 Å². The SMILES string of the molecule is Cc1ccc(SCCO[C@@H](C)C(=O)O)cc1. The molecule has 0 spiro atoms. The molecule has 0 bridgehead atoms. The molecule has 0 saturated carbocycles. The van der Waals surface area contributed by atoms with Crippen molar-refractivity contribution in [1.29, 1.82) is 0 Å². The summed E-state index contributed by atoms with van der Waals surface area (Å²) in [4.78, 5) is 11.6. The van der Waals surface area contributed by atoms with Crippen LogP contribution in [-0.4, -0.2) is 29.5 Å². The van der Waals surface area contributed by atoms with Crippen molar-refractivity contribution in [2.45, 2.75) is 24.8 Å². The van der Waals surface area contributed by atoms with Gasteiger partial charge in [0.2, 0.25) is 0 Å². The number of rotatable bonds is 6. The molecule has 0 amide bonds. The van der Waals surface area contributed by atoms with Crippen molar-refractivity contribution < 1.29 is 14.6 Å². The van der Waals surface area contributed by atoms with Crippen LogP contribution in [0.25, 0.3) is 0 Å². The van der Waals surface area contributed by atoms with Gasteiger partial charge in [-0.25, -0.2) is 4.79 Å². The van der Waals surface area contributed by atoms with E-state index >= 15 is 0 Å². The van der Waals surface area contributed by atoms with E-state index in [1.165, 1.54) is 10.5 Å². The van der Waals surface area contributed by atoms with E-state index in [1.807, 2.05) is 6.92 Å². The number of aryl methyl sites for hydroxylation is 1. The molecular weight excluding hydrogens is 224 g/mol. The van der Waals surface area contributed by atoms with Gasteiger partial charge in [0.15, 0.2) is 6.10 Å². The Labute approximate surface area is 99.8 Å². The van der Waals surface area contributed by atoms with Gasteiger partial charge in [-0.1, -0.05) is 17.7 Å². The van der Waals surface area contributed by atoms with E-state index in [0.717, 1.165) is 5.75 Å². The number of hydrogen-bond donors (Lipinski definition) is 1. The standard InChI is InChI=1S/C12H16O3S/c1-9-3-5-11(6-4-9)16-8-7-15-10(2)12(13)14/h3-6,10H,7-8H2,1-2H3,(H,13,14)/t10-/m0/s1. The topological polar surface area (TPSA) is 46.5 Å². The molecule has 1 aromatic rings. The van der Waals surface area contributed by atoms with Crippen molar-refractivity contribution in [2.75, 3.05) is 12.4 Å². The molecule has 0 aliphatic carbocycles. The summed E-state index contributed by atoms with van der Waals surface area (Å²) in [5.41, 5.74) is 1.24. The number of carbonyl (C=O) groups is 1. The van der Waals surface area contributed by atoms with Crippen molar-refractivity contribution in [1.82, 2.24) is 0 Å². The van der Waals surface area contributed by atoms with Crippen LogP contribution in [0.3, 0.4) is 0 Å². The first-order valence-corrected chi connectivity index (χ1v) is 6.12. The zero-order valence-electron chi connectivity index (χ0n) is 9.47. The van der Waals surface area contributed by atoms with Crippen LogP contribution in [0.4, 0.5) is 0 Å². The Kier molecular flexibility index (Phi) is 5.35. The molecule has 16 heavy (non-hydrogen) atoms. The fourth-order valence-corrected chi connectivity index (χ4v) is 1.83. The highest BCUT2D eigenvalue weighted by Crippen LogP contribution is 2.17. The van der Waals surface area contributed by atoms with Crippen LogP contribution in [0, 0.1) is 6.92 Å². The molecule has 0 unspecified atom stereocenters. The third-order valence-electron chi connectivity index (χ3n) is 2.09. The zero-order valence-corrected chi connectivity index (χ0v) is 10.3. The molecule has 1 atom stereocenters. The second-order valence-electron chi connectivity index (χ2n) is 3.51. The van der Waals surface area contributed by atoms with Gasteiger partial charge in [-0.05, 0) is 26.0 Å². The molecule has 0 fully saturated rings. The number of benzene rings is 1. The van der Waals surface area contributed by atoms with Crippen molar-refractivity contribution in [2.24, 2.45) is 0 Å². The molecule has 0 aliphatic heterocycles. The highest BCUT2D eigenvalue weighted by molar-refractivity contribution is 7.99. The van der Waals surface area contributed by atoms with Gasteiger partial charge >= 0.3 is 5.97 Å². The summed E-state index contributed by atoms with van der Waals surface area (Å²) < 4.78 is 5.13. The summed E-state index contributed by atoms with van der Waals surface area (Å²) >= 11 is 1.66. The highest BCUT2D eigenvalue weighted by atomic mass is 32.2. The predicted molar refractivity (Wildman–Crippen MR) is 65.0 cm³/mol. The quantitative estimate of drug-likeness (QED) is 0.613. The van der Waals surface area contributed by atoms with E-state index in [4.69, 9.17) is 9.84 Å². The van der Waals surface area contributed by atoms with Crippen LogP contribution in [0.15, 0.2) is 29.2 Å². The van der Waals surface area contributed by atoms with Crippen LogP contribution >= 0.6 is 11.8 Å². The van der Waals surface area contributed by atoms with Crippen LogP contribution in [0.5, 0.6) is 0 Å². The van der Waals surface area contributed by atoms with Gasteiger partial charge in [-0.15, -0.1) is 11.8 Å². The molecule has 0 aliphatic rings. The summed E-state index contributed by atoms with van der Waals surface area (Å²) in [5.74, 6) is -0.152. The van der Waals surface area contributed by atoms with E-state index in [2.05, 4.69) is 24.3 Å². The first kappa shape index (κ1) is 13.1. The molecule has 1 rings (SSSR count). The third kappa shape index (κ3) is 4.68. The Balaban J connectivity index is 2.21. The maximum atomic E-state index is 10.5. The summed E-state index contributed by atoms with van der Waals surface area (Å²) in [7, 11) is 0. The Hall–Kier alpha value is -1.00. The Morgan fingerprint density at radius 1 is 1.44 bits per heavy atom. The van der Waals surface area contributed by atoms with Crippen molar-refractivity contribution in [3.05, 3.63) is 29.8 Å². The molecule has 4 heteroatoms. The maximum Gasteiger partial charge on any atom is 0.332 e. The summed E-state index contributed by atoms with van der Waals surface area (Å²) in [6.07, 6.45) is -0.724. The molecule has 0 radical (unpaired) electrons. The number of hydrogen-bond acceptors (Lipinski definition) is 3. The lowest BCUT2D eigenvalue weighted by atomic mass is 10.2. The number of aliphatic carboxylic acids is 1. The summed E-state index contributed by atoms with van der Waals surface area (Å²) in [6, 6.07) is 8.23. The Bertz CT molecular complexity index is 335. The monoisotopic (exact) mass is 240 g/mol. The lowest BCUT2D eigenvalue weighted by Crippen LogP contribution is -2.20. The van der Waals surface area contributed by atoms with Crippen molar-refractivity contribution in [3.63, 3.8) is 0 Å². The Morgan fingerprint density at radius 2 is 2.06 bits per heavy atom. The fraction of sp³-hybridized carbons (Fsp3) is 0.417. The highest BCUT2D eigenvalue weighted by Gasteiger charge is 2.09. The zero-order chi connectivity index (χ0) is 12.0. The van der Waals surface area contributed by atoms with Crippen molar-refractivity contribution >= 4 is 17.7 Å². The van der Waals surface area contributed by atoms with Crippen LogP contribution < -0.4 is 0 Å². The average molecular weight is 240 g/mol. The van der Waals surface area contributed by atoms with Gasteiger partial charge in [0.05, 0.1) is 6.61 Å². The van der Waals surface area contributed by atoms with Crippen molar-refractivity contribution in [3.8, 4) is 0 Å². The minimum absolute atomic E-state index is 0.450. The summed E-state index contributed by atoms with van der Waals surface area (Å²) in [6.45, 7) is 4.04. The largest absolute Gasteiger partial charge is 0.479 e. The van der Waals surface area contributed by atoms with E-state index in [9.17, 15) is 4.79 Å². The van der Waals surface area contributed by atoms with E-state index in [0.29, 0.717) is 6.61 Å². The molecule has 1 N–H and O–H groups in total.